The molecule has 2 rings (SSSR count). The van der Waals surface area contributed by atoms with Gasteiger partial charge in [-0.05, 0) is 45.3 Å². The van der Waals surface area contributed by atoms with Crippen LogP contribution in [0.3, 0.4) is 0 Å². The zero-order valence-corrected chi connectivity index (χ0v) is 10.3. The summed E-state index contributed by atoms with van der Waals surface area (Å²) in [5.41, 5.74) is 0.647. The van der Waals surface area contributed by atoms with Crippen molar-refractivity contribution in [2.45, 2.75) is 37.9 Å². The molecule has 1 fully saturated rings. The Labute approximate surface area is 102 Å². The van der Waals surface area contributed by atoms with Crippen LogP contribution in [0.1, 0.15) is 31.2 Å². The Hall–Kier alpha value is -0.930. The Morgan fingerprint density at radius 1 is 1.35 bits per heavy atom. The molecule has 0 unspecified atom stereocenters. The van der Waals surface area contributed by atoms with Gasteiger partial charge in [-0.1, -0.05) is 18.2 Å². The van der Waals surface area contributed by atoms with E-state index in [9.17, 15) is 4.39 Å². The Morgan fingerprint density at radius 3 is 2.71 bits per heavy atom. The predicted molar refractivity (Wildman–Crippen MR) is 66.3 cm³/mol. The van der Waals surface area contributed by atoms with E-state index in [0.717, 1.165) is 25.8 Å². The van der Waals surface area contributed by atoms with Crippen LogP contribution in [0, 0.1) is 5.82 Å². The first-order valence-corrected chi connectivity index (χ1v) is 6.28. The summed E-state index contributed by atoms with van der Waals surface area (Å²) >= 11 is 0. The number of ether oxygens (including phenoxy) is 1. The minimum absolute atomic E-state index is 0.00864. The van der Waals surface area contributed by atoms with Gasteiger partial charge in [-0.25, -0.2) is 4.39 Å². The number of nitrogens with one attached hydrogen (secondary N) is 1. The van der Waals surface area contributed by atoms with Crippen LogP contribution in [0.5, 0.6) is 0 Å². The van der Waals surface area contributed by atoms with Crippen molar-refractivity contribution >= 4 is 0 Å². The first kappa shape index (κ1) is 12.5. The molecule has 1 aliphatic carbocycles. The second-order valence-electron chi connectivity index (χ2n) is 4.77. The Morgan fingerprint density at radius 2 is 2.12 bits per heavy atom. The second-order valence-corrected chi connectivity index (χ2v) is 4.77. The maximum atomic E-state index is 13.4. The lowest BCUT2D eigenvalue weighted by atomic mass is 9.77. The van der Waals surface area contributed by atoms with Crippen LogP contribution in [0.2, 0.25) is 0 Å². The van der Waals surface area contributed by atoms with Gasteiger partial charge in [0, 0.05) is 5.56 Å². The number of benzene rings is 1. The number of rotatable bonds is 6. The first-order valence-electron chi connectivity index (χ1n) is 6.28. The normalized spacial score (nSPS) is 17.8. The molecular formula is C14H20FNO. The van der Waals surface area contributed by atoms with Crippen molar-refractivity contribution in [3.63, 3.8) is 0 Å². The van der Waals surface area contributed by atoms with Crippen LogP contribution < -0.4 is 5.32 Å². The molecule has 17 heavy (non-hydrogen) atoms. The SMILES string of the molecule is CNCCC1(OCc2ccccc2F)CCC1. The van der Waals surface area contributed by atoms with Gasteiger partial charge in [-0.2, -0.15) is 0 Å². The summed E-state index contributed by atoms with van der Waals surface area (Å²) in [7, 11) is 1.95. The summed E-state index contributed by atoms with van der Waals surface area (Å²) in [5, 5.41) is 3.15. The van der Waals surface area contributed by atoms with Crippen LogP contribution in [0.15, 0.2) is 24.3 Å². The third-order valence-corrected chi connectivity index (χ3v) is 3.59. The Kier molecular flexibility index (Phi) is 4.13. The summed E-state index contributed by atoms with van der Waals surface area (Å²) in [6, 6.07) is 6.83. The van der Waals surface area contributed by atoms with Crippen molar-refractivity contribution in [1.29, 1.82) is 0 Å². The molecule has 0 heterocycles. The predicted octanol–water partition coefficient (Wildman–Crippen LogP) is 2.87. The maximum Gasteiger partial charge on any atom is 0.128 e. The van der Waals surface area contributed by atoms with Crippen molar-refractivity contribution in [2.24, 2.45) is 0 Å². The monoisotopic (exact) mass is 237 g/mol. The van der Waals surface area contributed by atoms with Crippen LogP contribution in [-0.2, 0) is 11.3 Å². The molecule has 1 aromatic carbocycles. The van der Waals surface area contributed by atoms with E-state index in [1.165, 1.54) is 12.5 Å². The van der Waals surface area contributed by atoms with Gasteiger partial charge >= 0.3 is 0 Å². The van der Waals surface area contributed by atoms with Crippen LogP contribution >= 0.6 is 0 Å². The Bertz CT molecular complexity index is 363. The molecule has 0 amide bonds. The zero-order chi connectivity index (χ0) is 12.1. The van der Waals surface area contributed by atoms with E-state index in [2.05, 4.69) is 5.32 Å². The lowest BCUT2D eigenvalue weighted by Gasteiger charge is -2.42. The standard InChI is InChI=1S/C14H20FNO/c1-16-10-9-14(7-4-8-14)17-11-12-5-2-3-6-13(12)15/h2-3,5-6,16H,4,7-11H2,1H3. The molecule has 0 aromatic heterocycles. The van der Waals surface area contributed by atoms with Gasteiger partial charge in [0.05, 0.1) is 12.2 Å². The molecule has 0 spiro atoms. The fourth-order valence-corrected chi connectivity index (χ4v) is 2.24. The molecule has 94 valence electrons. The summed E-state index contributed by atoms with van der Waals surface area (Å²) in [6.07, 6.45) is 4.44. The lowest BCUT2D eigenvalue weighted by Crippen LogP contribution is -2.42. The topological polar surface area (TPSA) is 21.3 Å². The zero-order valence-electron chi connectivity index (χ0n) is 10.3. The van der Waals surface area contributed by atoms with Gasteiger partial charge in [0.25, 0.3) is 0 Å². The molecule has 0 atom stereocenters. The minimum atomic E-state index is -0.171. The molecule has 1 aliphatic rings. The van der Waals surface area contributed by atoms with Crippen LogP contribution in [-0.4, -0.2) is 19.2 Å². The molecule has 0 aliphatic heterocycles. The van der Waals surface area contributed by atoms with Crippen molar-refractivity contribution in [3.05, 3.63) is 35.6 Å². The highest BCUT2D eigenvalue weighted by Crippen LogP contribution is 2.39. The third-order valence-electron chi connectivity index (χ3n) is 3.59. The van der Waals surface area contributed by atoms with E-state index in [0.29, 0.717) is 12.2 Å². The lowest BCUT2D eigenvalue weighted by molar-refractivity contribution is -0.114. The fraction of sp³-hybridized carbons (Fsp3) is 0.571. The van der Waals surface area contributed by atoms with Crippen molar-refractivity contribution in [3.8, 4) is 0 Å². The molecule has 1 N–H and O–H groups in total. The van der Waals surface area contributed by atoms with Crippen molar-refractivity contribution < 1.29 is 9.13 Å². The van der Waals surface area contributed by atoms with E-state index >= 15 is 0 Å². The molecule has 0 bridgehead atoms. The van der Waals surface area contributed by atoms with Crippen LogP contribution in [0.4, 0.5) is 4.39 Å². The fourth-order valence-electron chi connectivity index (χ4n) is 2.24. The highest BCUT2D eigenvalue weighted by molar-refractivity contribution is 5.16. The van der Waals surface area contributed by atoms with Crippen LogP contribution in [0.25, 0.3) is 0 Å². The van der Waals surface area contributed by atoms with E-state index in [1.54, 1.807) is 12.1 Å². The highest BCUT2D eigenvalue weighted by atomic mass is 19.1. The van der Waals surface area contributed by atoms with Gasteiger partial charge in [0.1, 0.15) is 5.82 Å². The first-order chi connectivity index (χ1) is 8.26. The van der Waals surface area contributed by atoms with E-state index in [-0.39, 0.29) is 11.4 Å². The highest BCUT2D eigenvalue weighted by Gasteiger charge is 2.37. The van der Waals surface area contributed by atoms with Crippen molar-refractivity contribution in [2.75, 3.05) is 13.6 Å². The van der Waals surface area contributed by atoms with Gasteiger partial charge in [-0.3, -0.25) is 0 Å². The van der Waals surface area contributed by atoms with E-state index < -0.39 is 0 Å². The minimum Gasteiger partial charge on any atom is -0.370 e. The molecular weight excluding hydrogens is 217 g/mol. The van der Waals surface area contributed by atoms with Gasteiger partial charge < -0.3 is 10.1 Å². The van der Waals surface area contributed by atoms with E-state index in [4.69, 9.17) is 4.74 Å². The number of hydrogen-bond acceptors (Lipinski definition) is 2. The molecule has 1 aromatic rings. The van der Waals surface area contributed by atoms with Gasteiger partial charge in [0.15, 0.2) is 0 Å². The Balaban J connectivity index is 1.90. The second kappa shape index (κ2) is 5.61. The van der Waals surface area contributed by atoms with Crippen molar-refractivity contribution in [1.82, 2.24) is 5.32 Å². The third kappa shape index (κ3) is 3.05. The number of hydrogen-bond donors (Lipinski definition) is 1. The average Bonchev–Trinajstić information content (AvgIpc) is 2.29. The maximum absolute atomic E-state index is 13.4. The molecule has 3 heteroatoms. The quantitative estimate of drug-likeness (QED) is 0.821. The van der Waals surface area contributed by atoms with Gasteiger partial charge in [0.2, 0.25) is 0 Å². The number of halogens is 1. The molecule has 0 radical (unpaired) electrons. The summed E-state index contributed by atoms with van der Waals surface area (Å²) in [6.45, 7) is 1.34. The summed E-state index contributed by atoms with van der Waals surface area (Å²) in [5.74, 6) is -0.171. The molecule has 2 nitrogen and oxygen atoms in total. The summed E-state index contributed by atoms with van der Waals surface area (Å²) < 4.78 is 19.4. The smallest absolute Gasteiger partial charge is 0.128 e. The van der Waals surface area contributed by atoms with Gasteiger partial charge in [-0.15, -0.1) is 0 Å². The largest absolute Gasteiger partial charge is 0.370 e. The average molecular weight is 237 g/mol. The van der Waals surface area contributed by atoms with E-state index in [1.807, 2.05) is 13.1 Å². The molecule has 0 saturated heterocycles. The summed E-state index contributed by atoms with van der Waals surface area (Å²) in [4.78, 5) is 0. The molecule has 1 saturated carbocycles.